The minimum atomic E-state index is -0.605. The second kappa shape index (κ2) is 7.52. The number of likely N-dealkylation sites (tertiary alicyclic amines) is 1. The number of carbonyl (C=O) groups excluding carboxylic acids is 1. The zero-order valence-corrected chi connectivity index (χ0v) is 11.6. The van der Waals surface area contributed by atoms with Crippen molar-refractivity contribution in [1.82, 2.24) is 4.90 Å². The van der Waals surface area contributed by atoms with Crippen molar-refractivity contribution >= 4 is 18.7 Å². The van der Waals surface area contributed by atoms with Gasteiger partial charge in [0.05, 0.1) is 0 Å². The maximum Gasteiger partial charge on any atom is 0.165 e. The summed E-state index contributed by atoms with van der Waals surface area (Å²) in [5, 5.41) is 0. The van der Waals surface area contributed by atoms with Gasteiger partial charge < -0.3 is 15.3 Å². The largest absolute Gasteiger partial charge is 0.487 e. The van der Waals surface area contributed by atoms with Gasteiger partial charge >= 0.3 is 0 Å². The summed E-state index contributed by atoms with van der Waals surface area (Å²) in [5.74, 6) is -1.18. The van der Waals surface area contributed by atoms with Crippen molar-refractivity contribution < 1.29 is 18.3 Å². The number of aldehydes is 1. The van der Waals surface area contributed by atoms with Crippen LogP contribution in [0.25, 0.3) is 0 Å². The molecule has 112 valence electrons. The lowest BCUT2D eigenvalue weighted by Crippen LogP contribution is -2.49. The molecule has 1 aromatic rings. The zero-order chi connectivity index (χ0) is 13.8. The Labute approximate surface area is 122 Å². The van der Waals surface area contributed by atoms with Gasteiger partial charge in [0.2, 0.25) is 0 Å². The Hall–Kier alpha value is -1.24. The first-order valence-electron chi connectivity index (χ1n) is 6.17. The number of carbonyl (C=O) groups is 1. The number of nitrogens with two attached hydrogens (primary N) is 1. The molecular weight excluding hydrogens is 290 g/mol. The molecule has 1 aliphatic heterocycles. The molecule has 1 unspecified atom stereocenters. The number of rotatable bonds is 4. The van der Waals surface area contributed by atoms with Gasteiger partial charge in [-0.2, -0.15) is 0 Å². The molecule has 2 rings (SSSR count). The minimum Gasteiger partial charge on any atom is -0.487 e. The highest BCUT2D eigenvalue weighted by Gasteiger charge is 2.24. The number of piperidine rings is 1. The highest BCUT2D eigenvalue weighted by molar-refractivity contribution is 5.85. The van der Waals surface area contributed by atoms with Crippen molar-refractivity contribution in [1.29, 1.82) is 0 Å². The molecule has 0 amide bonds. The normalized spacial score (nSPS) is 18.1. The summed E-state index contributed by atoms with van der Waals surface area (Å²) >= 11 is 0. The highest BCUT2D eigenvalue weighted by Crippen LogP contribution is 2.23. The lowest BCUT2D eigenvalue weighted by atomic mass is 10.1. The first-order valence-corrected chi connectivity index (χ1v) is 6.17. The van der Waals surface area contributed by atoms with Crippen LogP contribution in [0.15, 0.2) is 18.2 Å². The van der Waals surface area contributed by atoms with Crippen LogP contribution in [-0.4, -0.2) is 36.5 Å². The number of hydrogen-bond donors (Lipinski definition) is 1. The Morgan fingerprint density at radius 1 is 1.35 bits per heavy atom. The summed E-state index contributed by atoms with van der Waals surface area (Å²) in [7, 11) is 0. The van der Waals surface area contributed by atoms with E-state index >= 15 is 0 Å². The van der Waals surface area contributed by atoms with Crippen LogP contribution in [0.2, 0.25) is 0 Å². The van der Waals surface area contributed by atoms with Crippen molar-refractivity contribution in [2.75, 3.05) is 13.1 Å². The van der Waals surface area contributed by atoms with Crippen LogP contribution < -0.4 is 10.5 Å². The van der Waals surface area contributed by atoms with Gasteiger partial charge in [-0.1, -0.05) is 0 Å². The van der Waals surface area contributed by atoms with Crippen molar-refractivity contribution in [2.45, 2.75) is 25.1 Å². The van der Waals surface area contributed by atoms with E-state index in [-0.39, 0.29) is 24.3 Å². The predicted octanol–water partition coefficient (Wildman–Crippen LogP) is 1.71. The fourth-order valence-electron chi connectivity index (χ4n) is 2.12. The fraction of sp³-hybridized carbons (Fsp3) is 0.462. The molecular formula is C13H17ClF2N2O2. The second-order valence-corrected chi connectivity index (χ2v) is 4.55. The average Bonchev–Trinajstić information content (AvgIpc) is 2.43. The lowest BCUT2D eigenvalue weighted by Gasteiger charge is -2.33. The molecule has 0 bridgehead atoms. The van der Waals surface area contributed by atoms with Crippen LogP contribution in [0, 0.1) is 11.6 Å². The van der Waals surface area contributed by atoms with E-state index in [1.165, 1.54) is 0 Å². The summed E-state index contributed by atoms with van der Waals surface area (Å²) in [6.45, 7) is 1.20. The minimum absolute atomic E-state index is 0. The van der Waals surface area contributed by atoms with Crippen LogP contribution in [0.3, 0.4) is 0 Å². The van der Waals surface area contributed by atoms with Crippen LogP contribution in [0.5, 0.6) is 5.75 Å². The topological polar surface area (TPSA) is 55.6 Å². The van der Waals surface area contributed by atoms with E-state index in [0.29, 0.717) is 32.2 Å². The SMILES string of the molecule is Cl.NC(C=O)N1CCC(Oc2cc(F)ccc2F)CC1. The molecule has 4 nitrogen and oxygen atoms in total. The Kier molecular flexibility index (Phi) is 6.32. The Morgan fingerprint density at radius 3 is 2.60 bits per heavy atom. The molecule has 1 atom stereocenters. The van der Waals surface area contributed by atoms with E-state index < -0.39 is 17.8 Å². The number of halogens is 3. The third-order valence-electron chi connectivity index (χ3n) is 3.22. The van der Waals surface area contributed by atoms with Gasteiger partial charge in [-0.15, -0.1) is 12.4 Å². The zero-order valence-electron chi connectivity index (χ0n) is 10.8. The van der Waals surface area contributed by atoms with E-state index in [9.17, 15) is 13.6 Å². The lowest BCUT2D eigenvalue weighted by molar-refractivity contribution is -0.113. The fourth-order valence-corrected chi connectivity index (χ4v) is 2.12. The smallest absolute Gasteiger partial charge is 0.165 e. The molecule has 1 heterocycles. The van der Waals surface area contributed by atoms with E-state index in [4.69, 9.17) is 10.5 Å². The molecule has 0 saturated carbocycles. The van der Waals surface area contributed by atoms with E-state index in [0.717, 1.165) is 18.2 Å². The van der Waals surface area contributed by atoms with Crippen LogP contribution in [0.4, 0.5) is 8.78 Å². The number of hydrogen-bond acceptors (Lipinski definition) is 4. The van der Waals surface area contributed by atoms with Gasteiger partial charge in [-0.3, -0.25) is 4.90 Å². The summed E-state index contributed by atoms with van der Waals surface area (Å²) in [4.78, 5) is 12.4. The molecule has 1 fully saturated rings. The number of nitrogens with zero attached hydrogens (tertiary/aromatic N) is 1. The van der Waals surface area contributed by atoms with E-state index in [1.54, 1.807) is 0 Å². The molecule has 2 N–H and O–H groups in total. The number of ether oxygens (including phenoxy) is 1. The second-order valence-electron chi connectivity index (χ2n) is 4.55. The molecule has 0 aromatic heterocycles. The summed E-state index contributed by atoms with van der Waals surface area (Å²) in [6, 6.07) is 3.13. The Morgan fingerprint density at radius 2 is 2.00 bits per heavy atom. The van der Waals surface area contributed by atoms with Crippen molar-refractivity contribution in [3.63, 3.8) is 0 Å². The van der Waals surface area contributed by atoms with Crippen molar-refractivity contribution in [3.8, 4) is 5.75 Å². The first-order chi connectivity index (χ1) is 9.10. The van der Waals surface area contributed by atoms with Crippen molar-refractivity contribution in [2.24, 2.45) is 5.73 Å². The van der Waals surface area contributed by atoms with Gasteiger partial charge in [0.1, 0.15) is 18.1 Å². The Bertz CT molecular complexity index is 454. The van der Waals surface area contributed by atoms with Crippen LogP contribution >= 0.6 is 12.4 Å². The molecule has 1 aliphatic rings. The summed E-state index contributed by atoms with van der Waals surface area (Å²) in [5.41, 5.74) is 5.60. The number of benzene rings is 1. The Balaban J connectivity index is 0.00000200. The quantitative estimate of drug-likeness (QED) is 0.861. The standard InChI is InChI=1S/C13H16F2N2O2.ClH/c14-9-1-2-11(15)12(7-9)19-10-3-5-17(6-4-10)13(16)8-18;/h1-2,7-8,10,13H,3-6,16H2;1H. The maximum absolute atomic E-state index is 13.4. The van der Waals surface area contributed by atoms with Gasteiger partial charge in [-0.05, 0) is 25.0 Å². The first kappa shape index (κ1) is 16.8. The molecule has 1 aromatic carbocycles. The molecule has 20 heavy (non-hydrogen) atoms. The van der Waals surface area contributed by atoms with Gasteiger partial charge in [-0.25, -0.2) is 8.78 Å². The van der Waals surface area contributed by atoms with Gasteiger partial charge in [0.25, 0.3) is 0 Å². The third kappa shape index (κ3) is 4.13. The summed E-state index contributed by atoms with van der Waals surface area (Å²) in [6.07, 6.45) is 1.14. The predicted molar refractivity (Wildman–Crippen MR) is 72.9 cm³/mol. The van der Waals surface area contributed by atoms with E-state index in [2.05, 4.69) is 0 Å². The van der Waals surface area contributed by atoms with Gasteiger partial charge in [0.15, 0.2) is 17.9 Å². The van der Waals surface area contributed by atoms with Crippen LogP contribution in [0.1, 0.15) is 12.8 Å². The highest BCUT2D eigenvalue weighted by atomic mass is 35.5. The molecule has 0 spiro atoms. The van der Waals surface area contributed by atoms with Crippen LogP contribution in [-0.2, 0) is 4.79 Å². The summed E-state index contributed by atoms with van der Waals surface area (Å²) < 4.78 is 31.9. The molecule has 1 saturated heterocycles. The molecule has 0 aliphatic carbocycles. The maximum atomic E-state index is 13.4. The molecule has 7 heteroatoms. The van der Waals surface area contributed by atoms with Crippen molar-refractivity contribution in [3.05, 3.63) is 29.8 Å². The van der Waals surface area contributed by atoms with Gasteiger partial charge in [0, 0.05) is 19.2 Å². The average molecular weight is 307 g/mol. The monoisotopic (exact) mass is 306 g/mol. The third-order valence-corrected chi connectivity index (χ3v) is 3.22. The molecule has 0 radical (unpaired) electrons. The van der Waals surface area contributed by atoms with E-state index in [1.807, 2.05) is 4.90 Å².